The molecule has 1 fully saturated rings. The lowest BCUT2D eigenvalue weighted by molar-refractivity contribution is 0.0909. The molecule has 1 aliphatic rings. The Morgan fingerprint density at radius 1 is 1.52 bits per heavy atom. The van der Waals surface area contributed by atoms with Crippen molar-refractivity contribution in [2.75, 3.05) is 6.61 Å². The Labute approximate surface area is 124 Å². The number of benzene rings is 1. The average molecular weight is 289 g/mol. The van der Waals surface area contributed by atoms with E-state index in [0.717, 1.165) is 19.3 Å². The second-order valence-corrected chi connectivity index (χ2v) is 6.06. The molecule has 0 saturated heterocycles. The maximum Gasteiger partial charge on any atom is 0.252 e. The molecule has 2 rings (SSSR count). The predicted molar refractivity (Wildman–Crippen MR) is 79.3 cm³/mol. The van der Waals surface area contributed by atoms with Crippen LogP contribution in [0.1, 0.15) is 49.0 Å². The van der Waals surface area contributed by atoms with Gasteiger partial charge in [0.2, 0.25) is 0 Å². The van der Waals surface area contributed by atoms with E-state index < -0.39 is 5.82 Å². The topological polar surface area (TPSA) is 49.3 Å². The molecule has 3 nitrogen and oxygen atoms in total. The van der Waals surface area contributed by atoms with Gasteiger partial charge in [0.1, 0.15) is 12.4 Å². The fourth-order valence-electron chi connectivity index (χ4n) is 2.78. The highest BCUT2D eigenvalue weighted by Gasteiger charge is 2.35. The van der Waals surface area contributed by atoms with Crippen molar-refractivity contribution < 1.29 is 14.3 Å². The van der Waals surface area contributed by atoms with Gasteiger partial charge >= 0.3 is 0 Å². The number of halogens is 1. The highest BCUT2D eigenvalue weighted by molar-refractivity contribution is 5.97. The van der Waals surface area contributed by atoms with Crippen LogP contribution in [0, 0.1) is 23.1 Å². The zero-order chi connectivity index (χ0) is 15.5. The fraction of sp³-hybridized carbons (Fsp3) is 0.471. The zero-order valence-corrected chi connectivity index (χ0v) is 12.4. The summed E-state index contributed by atoms with van der Waals surface area (Å²) in [7, 11) is 0. The summed E-state index contributed by atoms with van der Waals surface area (Å²) in [5.41, 5.74) is 0.706. The van der Waals surface area contributed by atoms with Gasteiger partial charge in [-0.2, -0.15) is 0 Å². The molecule has 1 aromatic carbocycles. The highest BCUT2D eigenvalue weighted by atomic mass is 19.1. The second-order valence-electron chi connectivity index (χ2n) is 6.06. The summed E-state index contributed by atoms with van der Waals surface area (Å²) in [6, 6.07) is 4.01. The van der Waals surface area contributed by atoms with Crippen molar-refractivity contribution in [1.29, 1.82) is 0 Å². The molecule has 0 spiro atoms. The van der Waals surface area contributed by atoms with Crippen LogP contribution in [0.15, 0.2) is 18.2 Å². The summed E-state index contributed by atoms with van der Waals surface area (Å²) < 4.78 is 13.4. The number of rotatable bonds is 2. The number of carbonyl (C=O) groups excluding carboxylic acids is 1. The van der Waals surface area contributed by atoms with Crippen molar-refractivity contribution in [3.63, 3.8) is 0 Å². The van der Waals surface area contributed by atoms with Crippen molar-refractivity contribution in [2.24, 2.45) is 5.41 Å². The van der Waals surface area contributed by atoms with E-state index in [1.165, 1.54) is 18.2 Å². The predicted octanol–water partition coefficient (Wildman–Crippen LogP) is 2.48. The normalized spacial score (nSPS) is 19.7. The van der Waals surface area contributed by atoms with E-state index in [9.17, 15) is 9.18 Å². The first-order valence-corrected chi connectivity index (χ1v) is 7.14. The minimum atomic E-state index is -0.472. The van der Waals surface area contributed by atoms with Crippen LogP contribution in [0.3, 0.4) is 0 Å². The van der Waals surface area contributed by atoms with E-state index in [1.807, 2.05) is 0 Å². The largest absolute Gasteiger partial charge is 0.384 e. The molecule has 2 N–H and O–H groups in total. The van der Waals surface area contributed by atoms with Gasteiger partial charge in [-0.25, -0.2) is 4.39 Å². The van der Waals surface area contributed by atoms with Crippen LogP contribution in [-0.2, 0) is 0 Å². The van der Waals surface area contributed by atoms with Crippen LogP contribution in [-0.4, -0.2) is 23.7 Å². The minimum Gasteiger partial charge on any atom is -0.384 e. The maximum atomic E-state index is 13.4. The lowest BCUT2D eigenvalue weighted by Crippen LogP contribution is -2.41. The maximum absolute atomic E-state index is 13.4. The Balaban J connectivity index is 2.24. The van der Waals surface area contributed by atoms with Gasteiger partial charge in [0.15, 0.2) is 0 Å². The molecular formula is C17H20FNO2. The highest BCUT2D eigenvalue weighted by Crippen LogP contribution is 2.37. The smallest absolute Gasteiger partial charge is 0.252 e. The molecule has 4 heteroatoms. The van der Waals surface area contributed by atoms with E-state index in [0.29, 0.717) is 5.56 Å². The van der Waals surface area contributed by atoms with Crippen LogP contribution in [0.2, 0.25) is 0 Å². The third-order valence-corrected chi connectivity index (χ3v) is 4.09. The van der Waals surface area contributed by atoms with Crippen molar-refractivity contribution in [2.45, 2.75) is 39.2 Å². The average Bonchev–Trinajstić information content (AvgIpc) is 2.76. The van der Waals surface area contributed by atoms with E-state index >= 15 is 0 Å². The van der Waals surface area contributed by atoms with E-state index in [2.05, 4.69) is 31.0 Å². The molecule has 0 heterocycles. The van der Waals surface area contributed by atoms with Crippen molar-refractivity contribution in [3.05, 3.63) is 35.1 Å². The van der Waals surface area contributed by atoms with Gasteiger partial charge in [-0.1, -0.05) is 32.1 Å². The van der Waals surface area contributed by atoms with E-state index in [1.54, 1.807) is 0 Å². The van der Waals surface area contributed by atoms with Gasteiger partial charge < -0.3 is 10.4 Å². The molecule has 0 aliphatic heterocycles. The van der Waals surface area contributed by atoms with Gasteiger partial charge in [-0.3, -0.25) is 4.79 Å². The van der Waals surface area contributed by atoms with Crippen molar-refractivity contribution in [1.82, 2.24) is 5.32 Å². The third-order valence-electron chi connectivity index (χ3n) is 4.09. The van der Waals surface area contributed by atoms with Gasteiger partial charge in [-0.15, -0.1) is 0 Å². The molecule has 112 valence electrons. The number of nitrogens with one attached hydrogen (secondary N) is 1. The lowest BCUT2D eigenvalue weighted by atomic mass is 9.87. The van der Waals surface area contributed by atoms with Crippen LogP contribution in [0.4, 0.5) is 4.39 Å². The molecule has 1 amide bonds. The van der Waals surface area contributed by atoms with Crippen LogP contribution >= 0.6 is 0 Å². The van der Waals surface area contributed by atoms with E-state index in [4.69, 9.17) is 5.11 Å². The molecule has 0 bridgehead atoms. The van der Waals surface area contributed by atoms with E-state index in [-0.39, 0.29) is 29.5 Å². The number of hydrogen-bond donors (Lipinski definition) is 2. The number of hydrogen-bond acceptors (Lipinski definition) is 2. The number of carbonyl (C=O) groups is 1. The first-order valence-electron chi connectivity index (χ1n) is 7.14. The van der Waals surface area contributed by atoms with Crippen LogP contribution < -0.4 is 5.32 Å². The summed E-state index contributed by atoms with van der Waals surface area (Å²) in [4.78, 5) is 12.4. The second kappa shape index (κ2) is 6.28. The number of aliphatic hydroxyl groups is 1. The molecule has 21 heavy (non-hydrogen) atoms. The molecule has 1 saturated carbocycles. The summed E-state index contributed by atoms with van der Waals surface area (Å²) >= 11 is 0. The van der Waals surface area contributed by atoms with Crippen LogP contribution in [0.25, 0.3) is 0 Å². The molecule has 1 atom stereocenters. The summed E-state index contributed by atoms with van der Waals surface area (Å²) in [6.45, 7) is 3.96. The molecule has 1 aliphatic carbocycles. The first-order chi connectivity index (χ1) is 9.94. The summed E-state index contributed by atoms with van der Waals surface area (Å²) in [5.74, 6) is 4.40. The SMILES string of the molecule is CC1(C)CCCC1NC(=O)c1cc(F)ccc1C#CCO. The van der Waals surface area contributed by atoms with Gasteiger partial charge in [0.25, 0.3) is 5.91 Å². The molecule has 0 radical (unpaired) electrons. The van der Waals surface area contributed by atoms with Gasteiger partial charge in [0, 0.05) is 11.6 Å². The number of aliphatic hydroxyl groups excluding tert-OH is 1. The molecule has 1 unspecified atom stereocenters. The van der Waals surface area contributed by atoms with Gasteiger partial charge in [-0.05, 0) is 36.5 Å². The fourth-order valence-corrected chi connectivity index (χ4v) is 2.78. The minimum absolute atomic E-state index is 0.0555. The quantitative estimate of drug-likeness (QED) is 0.822. The first kappa shape index (κ1) is 15.5. The molecule has 0 aromatic heterocycles. The Bertz CT molecular complexity index is 599. The Hall–Kier alpha value is -1.86. The summed E-state index contributed by atoms with van der Waals surface area (Å²) in [5, 5.41) is 11.8. The van der Waals surface area contributed by atoms with Crippen LogP contribution in [0.5, 0.6) is 0 Å². The Morgan fingerprint density at radius 2 is 2.29 bits per heavy atom. The standard InChI is InChI=1S/C17H20FNO2/c1-17(2)9-3-6-15(17)19-16(21)14-11-13(18)8-7-12(14)5-4-10-20/h7-8,11,15,20H,3,6,9-10H2,1-2H3,(H,19,21). The Kier molecular flexibility index (Phi) is 4.64. The Morgan fingerprint density at radius 3 is 2.90 bits per heavy atom. The molecular weight excluding hydrogens is 269 g/mol. The zero-order valence-electron chi connectivity index (χ0n) is 12.4. The lowest BCUT2D eigenvalue weighted by Gasteiger charge is -2.28. The third kappa shape index (κ3) is 3.62. The van der Waals surface area contributed by atoms with Crippen molar-refractivity contribution >= 4 is 5.91 Å². The molecule has 1 aromatic rings. The number of amides is 1. The monoisotopic (exact) mass is 289 g/mol. The summed E-state index contributed by atoms with van der Waals surface area (Å²) in [6.07, 6.45) is 3.09. The van der Waals surface area contributed by atoms with Gasteiger partial charge in [0.05, 0.1) is 5.56 Å². The van der Waals surface area contributed by atoms with Crippen molar-refractivity contribution in [3.8, 4) is 11.8 Å².